The Morgan fingerprint density at radius 3 is 2.37 bits per heavy atom. The third-order valence-corrected chi connectivity index (χ3v) is 5.89. The summed E-state index contributed by atoms with van der Waals surface area (Å²) in [6, 6.07) is 6.54. The van der Waals surface area contributed by atoms with E-state index in [0.717, 1.165) is 12.1 Å². The van der Waals surface area contributed by atoms with E-state index in [1.165, 1.54) is 13.2 Å². The molecule has 2 aromatic rings. The number of ether oxygens (including phenoxy) is 1. The van der Waals surface area contributed by atoms with E-state index < -0.39 is 41.0 Å². The van der Waals surface area contributed by atoms with Crippen molar-refractivity contribution in [3.63, 3.8) is 0 Å². The molecule has 0 unspecified atom stereocenters. The molecule has 8 heteroatoms. The van der Waals surface area contributed by atoms with Gasteiger partial charge in [0.15, 0.2) is 5.78 Å². The summed E-state index contributed by atoms with van der Waals surface area (Å²) in [6.45, 7) is 0. The average molecular weight is 418 g/mol. The summed E-state index contributed by atoms with van der Waals surface area (Å²) in [5.74, 6) is -3.20. The van der Waals surface area contributed by atoms with Gasteiger partial charge in [0.1, 0.15) is 23.2 Å². The van der Waals surface area contributed by atoms with Gasteiger partial charge in [0, 0.05) is 35.6 Å². The van der Waals surface area contributed by atoms with E-state index in [-0.39, 0.29) is 29.9 Å². The van der Waals surface area contributed by atoms with Gasteiger partial charge in [0.05, 0.1) is 18.7 Å². The van der Waals surface area contributed by atoms with Gasteiger partial charge in [0.2, 0.25) is 0 Å². The van der Waals surface area contributed by atoms with E-state index in [4.69, 9.17) is 4.74 Å². The molecule has 4 rings (SSSR count). The molecule has 2 aliphatic rings. The third-order valence-electron chi connectivity index (χ3n) is 5.89. The van der Waals surface area contributed by atoms with Gasteiger partial charge in [-0.15, -0.1) is 0 Å². The molecule has 0 aliphatic heterocycles. The number of ketones is 1. The van der Waals surface area contributed by atoms with Gasteiger partial charge in [-0.2, -0.15) is 0 Å². The highest BCUT2D eigenvalue weighted by atomic mass is 19.1. The first kappa shape index (κ1) is 20.3. The molecule has 0 spiro atoms. The average Bonchev–Trinajstić information content (AvgIpc) is 3.40. The van der Waals surface area contributed by atoms with Gasteiger partial charge >= 0.3 is 6.03 Å². The van der Waals surface area contributed by atoms with Gasteiger partial charge in [-0.25, -0.2) is 18.0 Å². The van der Waals surface area contributed by atoms with E-state index in [2.05, 4.69) is 10.6 Å². The lowest BCUT2D eigenvalue weighted by molar-refractivity contribution is -0.119. The Hall–Kier alpha value is -3.03. The molecule has 2 aromatic carbocycles. The van der Waals surface area contributed by atoms with Crippen LogP contribution in [-0.4, -0.2) is 25.0 Å². The Labute approximate surface area is 171 Å². The summed E-state index contributed by atoms with van der Waals surface area (Å²) < 4.78 is 48.1. The van der Waals surface area contributed by atoms with Gasteiger partial charge in [-0.05, 0) is 25.3 Å². The minimum absolute atomic E-state index is 0.0286. The van der Waals surface area contributed by atoms with Gasteiger partial charge in [-0.1, -0.05) is 18.2 Å². The maximum atomic E-state index is 14.5. The zero-order valence-electron chi connectivity index (χ0n) is 16.3. The number of Topliss-reactive ketones (excluding diaryl/α,β-unsaturated/α-hetero) is 1. The van der Waals surface area contributed by atoms with Crippen molar-refractivity contribution in [3.8, 4) is 5.75 Å². The number of halogens is 3. The number of benzene rings is 2. The van der Waals surface area contributed by atoms with Crippen molar-refractivity contribution >= 4 is 11.8 Å². The van der Waals surface area contributed by atoms with Gasteiger partial charge < -0.3 is 15.4 Å². The van der Waals surface area contributed by atoms with Crippen LogP contribution >= 0.6 is 0 Å². The molecule has 2 saturated carbocycles. The molecule has 0 radical (unpaired) electrons. The number of amides is 2. The molecule has 2 N–H and O–H groups in total. The molecule has 0 aromatic heterocycles. The fourth-order valence-corrected chi connectivity index (χ4v) is 4.20. The second-order valence-electron chi connectivity index (χ2n) is 7.75. The van der Waals surface area contributed by atoms with Crippen LogP contribution in [0.25, 0.3) is 0 Å². The van der Waals surface area contributed by atoms with Crippen LogP contribution in [0.3, 0.4) is 0 Å². The fraction of sp³-hybridized carbons (Fsp3) is 0.364. The van der Waals surface area contributed by atoms with Gasteiger partial charge in [-0.3, -0.25) is 4.79 Å². The number of rotatable bonds is 5. The summed E-state index contributed by atoms with van der Waals surface area (Å²) in [4.78, 5) is 25.0. The number of methoxy groups -OCH3 is 1. The lowest BCUT2D eigenvalue weighted by Gasteiger charge is -2.24. The largest absolute Gasteiger partial charge is 0.497 e. The van der Waals surface area contributed by atoms with E-state index in [1.807, 2.05) is 0 Å². The predicted octanol–water partition coefficient (Wildman–Crippen LogP) is 3.92. The number of hydrogen-bond acceptors (Lipinski definition) is 3. The molecular weight excluding hydrogens is 397 g/mol. The summed E-state index contributed by atoms with van der Waals surface area (Å²) >= 11 is 0. The molecule has 5 nitrogen and oxygen atoms in total. The Morgan fingerprint density at radius 1 is 1.10 bits per heavy atom. The van der Waals surface area contributed by atoms with Crippen LogP contribution in [0.5, 0.6) is 5.75 Å². The van der Waals surface area contributed by atoms with Crippen LogP contribution in [0.2, 0.25) is 0 Å². The number of nitrogens with one attached hydrogen (secondary N) is 2. The maximum absolute atomic E-state index is 14.5. The topological polar surface area (TPSA) is 67.4 Å². The highest BCUT2D eigenvalue weighted by Gasteiger charge is 2.48. The zero-order chi connectivity index (χ0) is 21.5. The standard InChI is InChI=1S/C22H21F3N2O3/c1-30-12-10-16(24)19(17(25)11-12)13-6-7-18(28)20(13)26-21(29)27-22(8-9-22)14-4-2-3-5-15(14)23/h2-5,10-11,13,20H,6-9H2,1H3,(H2,26,27,29)/t13-,20-/m0/s1. The molecule has 0 bridgehead atoms. The smallest absolute Gasteiger partial charge is 0.316 e. The van der Waals surface area contributed by atoms with Crippen LogP contribution < -0.4 is 15.4 Å². The Balaban J connectivity index is 1.53. The van der Waals surface area contributed by atoms with E-state index >= 15 is 0 Å². The molecule has 2 amide bonds. The Morgan fingerprint density at radius 2 is 1.77 bits per heavy atom. The normalized spacial score (nSPS) is 21.9. The van der Waals surface area contributed by atoms with E-state index in [9.17, 15) is 22.8 Å². The highest BCUT2D eigenvalue weighted by Crippen LogP contribution is 2.46. The molecule has 2 aliphatic carbocycles. The second kappa shape index (κ2) is 7.66. The quantitative estimate of drug-likeness (QED) is 0.774. The molecule has 0 saturated heterocycles. The zero-order valence-corrected chi connectivity index (χ0v) is 16.3. The van der Waals surface area contributed by atoms with Crippen LogP contribution in [0.4, 0.5) is 18.0 Å². The summed E-state index contributed by atoms with van der Waals surface area (Å²) in [5, 5.41) is 5.30. The van der Waals surface area contributed by atoms with Gasteiger partial charge in [0.25, 0.3) is 0 Å². The minimum atomic E-state index is -1.07. The molecule has 30 heavy (non-hydrogen) atoms. The first-order valence-corrected chi connectivity index (χ1v) is 9.74. The van der Waals surface area contributed by atoms with Crippen LogP contribution in [0, 0.1) is 17.5 Å². The number of carbonyl (C=O) groups is 2. The number of urea groups is 1. The first-order valence-electron chi connectivity index (χ1n) is 9.74. The second-order valence-corrected chi connectivity index (χ2v) is 7.75. The number of carbonyl (C=O) groups excluding carboxylic acids is 2. The molecule has 0 heterocycles. The van der Waals surface area contributed by atoms with Crippen molar-refractivity contribution < 1.29 is 27.5 Å². The monoisotopic (exact) mass is 418 g/mol. The van der Waals surface area contributed by atoms with Crippen LogP contribution in [0.15, 0.2) is 36.4 Å². The Bertz CT molecular complexity index is 984. The van der Waals surface area contributed by atoms with Crippen LogP contribution in [0.1, 0.15) is 42.7 Å². The summed E-state index contributed by atoms with van der Waals surface area (Å²) in [5.41, 5.74) is -0.702. The van der Waals surface area contributed by atoms with Crippen molar-refractivity contribution in [2.24, 2.45) is 0 Å². The third kappa shape index (κ3) is 3.62. The summed E-state index contributed by atoms with van der Waals surface area (Å²) in [7, 11) is 1.30. The first-order chi connectivity index (χ1) is 14.3. The van der Waals surface area contributed by atoms with Crippen LogP contribution in [-0.2, 0) is 10.3 Å². The van der Waals surface area contributed by atoms with E-state index in [1.54, 1.807) is 18.2 Å². The SMILES string of the molecule is COc1cc(F)c([C@@H]2CCC(=O)[C@H]2NC(=O)NC2(c3ccccc3F)CC2)c(F)c1. The summed E-state index contributed by atoms with van der Waals surface area (Å²) in [6.07, 6.45) is 1.43. The minimum Gasteiger partial charge on any atom is -0.497 e. The molecule has 2 atom stereocenters. The predicted molar refractivity (Wildman–Crippen MR) is 103 cm³/mol. The highest BCUT2D eigenvalue weighted by molar-refractivity contribution is 5.91. The molecule has 158 valence electrons. The molecule has 2 fully saturated rings. The van der Waals surface area contributed by atoms with Crippen molar-refractivity contribution in [2.45, 2.75) is 43.2 Å². The van der Waals surface area contributed by atoms with Crippen molar-refractivity contribution in [2.75, 3.05) is 7.11 Å². The van der Waals surface area contributed by atoms with Crippen molar-refractivity contribution in [1.29, 1.82) is 0 Å². The van der Waals surface area contributed by atoms with Crippen molar-refractivity contribution in [1.82, 2.24) is 10.6 Å². The Kier molecular flexibility index (Phi) is 5.17. The number of hydrogen-bond donors (Lipinski definition) is 2. The fourth-order valence-electron chi connectivity index (χ4n) is 4.20. The van der Waals surface area contributed by atoms with Crippen molar-refractivity contribution in [3.05, 3.63) is 65.0 Å². The lowest BCUT2D eigenvalue weighted by Crippen LogP contribution is -2.49. The molecular formula is C22H21F3N2O3. The maximum Gasteiger partial charge on any atom is 0.316 e. The van der Waals surface area contributed by atoms with E-state index in [0.29, 0.717) is 18.4 Å². The lowest BCUT2D eigenvalue weighted by atomic mass is 9.92.